The lowest BCUT2D eigenvalue weighted by atomic mass is 10.1. The maximum Gasteiger partial charge on any atom is 0.350 e. The summed E-state index contributed by atoms with van der Waals surface area (Å²) in [4.78, 5) is 33.8. The Morgan fingerprint density at radius 3 is 2.22 bits per heavy atom. The standard InChI is InChI=1S/C12H20O6/c1-5-6-7-17-11(15)12(2,3)18-10(14)8-9(13)16-4/h5-8H2,1-4H3. The maximum atomic E-state index is 11.6. The molecule has 0 amide bonds. The summed E-state index contributed by atoms with van der Waals surface area (Å²) >= 11 is 0. The lowest BCUT2D eigenvalue weighted by molar-refractivity contribution is -0.180. The van der Waals surface area contributed by atoms with Crippen molar-refractivity contribution in [2.45, 2.75) is 45.6 Å². The number of rotatable bonds is 7. The molecule has 0 rings (SSSR count). The molecule has 0 saturated heterocycles. The number of hydrogen-bond acceptors (Lipinski definition) is 6. The van der Waals surface area contributed by atoms with Crippen LogP contribution in [0, 0.1) is 0 Å². The molecule has 0 aliphatic carbocycles. The monoisotopic (exact) mass is 260 g/mol. The highest BCUT2D eigenvalue weighted by atomic mass is 16.6. The SMILES string of the molecule is CCCCOC(=O)C(C)(C)OC(=O)CC(=O)OC. The fourth-order valence-corrected chi connectivity index (χ4v) is 1.04. The van der Waals surface area contributed by atoms with Crippen molar-refractivity contribution in [1.29, 1.82) is 0 Å². The molecule has 0 saturated carbocycles. The summed E-state index contributed by atoms with van der Waals surface area (Å²) in [5.74, 6) is -2.16. The molecule has 0 heterocycles. The van der Waals surface area contributed by atoms with Gasteiger partial charge in [-0.05, 0) is 20.3 Å². The van der Waals surface area contributed by atoms with Crippen LogP contribution in [-0.2, 0) is 28.6 Å². The van der Waals surface area contributed by atoms with Crippen molar-refractivity contribution in [3.05, 3.63) is 0 Å². The molecule has 6 nitrogen and oxygen atoms in total. The molecule has 18 heavy (non-hydrogen) atoms. The quantitative estimate of drug-likeness (QED) is 0.296. The van der Waals surface area contributed by atoms with Gasteiger partial charge in [0.1, 0.15) is 6.42 Å². The van der Waals surface area contributed by atoms with E-state index in [0.29, 0.717) is 0 Å². The lowest BCUT2D eigenvalue weighted by Crippen LogP contribution is -2.39. The van der Waals surface area contributed by atoms with Gasteiger partial charge in [-0.2, -0.15) is 0 Å². The first-order valence-electron chi connectivity index (χ1n) is 5.79. The van der Waals surface area contributed by atoms with Crippen LogP contribution < -0.4 is 0 Å². The Balaban J connectivity index is 4.23. The molecule has 0 N–H and O–H groups in total. The highest BCUT2D eigenvalue weighted by Gasteiger charge is 2.34. The number of unbranched alkanes of at least 4 members (excludes halogenated alkanes) is 1. The highest BCUT2D eigenvalue weighted by Crippen LogP contribution is 2.13. The van der Waals surface area contributed by atoms with E-state index in [1.165, 1.54) is 21.0 Å². The summed E-state index contributed by atoms with van der Waals surface area (Å²) in [6.07, 6.45) is 1.12. The highest BCUT2D eigenvalue weighted by molar-refractivity contribution is 5.92. The second-order valence-electron chi connectivity index (χ2n) is 4.23. The van der Waals surface area contributed by atoms with E-state index in [2.05, 4.69) is 4.74 Å². The Labute approximate surface area is 107 Å². The van der Waals surface area contributed by atoms with Crippen molar-refractivity contribution in [1.82, 2.24) is 0 Å². The number of ether oxygens (including phenoxy) is 3. The zero-order chi connectivity index (χ0) is 14.2. The van der Waals surface area contributed by atoms with E-state index in [0.717, 1.165) is 12.8 Å². The maximum absolute atomic E-state index is 11.6. The van der Waals surface area contributed by atoms with Crippen LogP contribution in [0.25, 0.3) is 0 Å². The molecular weight excluding hydrogens is 240 g/mol. The third-order valence-electron chi connectivity index (χ3n) is 2.11. The molecule has 0 aliphatic heterocycles. The van der Waals surface area contributed by atoms with Gasteiger partial charge in [0.25, 0.3) is 0 Å². The third kappa shape index (κ3) is 6.22. The first-order chi connectivity index (χ1) is 8.33. The fraction of sp³-hybridized carbons (Fsp3) is 0.750. The van der Waals surface area contributed by atoms with Gasteiger partial charge in [0.15, 0.2) is 0 Å². The Morgan fingerprint density at radius 1 is 1.11 bits per heavy atom. The Kier molecular flexibility index (Phi) is 7.00. The molecule has 6 heteroatoms. The van der Waals surface area contributed by atoms with E-state index < -0.39 is 29.9 Å². The van der Waals surface area contributed by atoms with Gasteiger partial charge in [0.2, 0.25) is 5.60 Å². The van der Waals surface area contributed by atoms with E-state index in [1.807, 2.05) is 6.92 Å². The normalized spacial score (nSPS) is 10.7. The van der Waals surface area contributed by atoms with Crippen molar-refractivity contribution in [3.8, 4) is 0 Å². The molecule has 0 aromatic rings. The van der Waals surface area contributed by atoms with Crippen molar-refractivity contribution >= 4 is 17.9 Å². The van der Waals surface area contributed by atoms with Crippen molar-refractivity contribution in [3.63, 3.8) is 0 Å². The number of carbonyl (C=O) groups excluding carboxylic acids is 3. The zero-order valence-electron chi connectivity index (χ0n) is 11.3. The predicted molar refractivity (Wildman–Crippen MR) is 62.7 cm³/mol. The van der Waals surface area contributed by atoms with Crippen molar-refractivity contribution in [2.24, 2.45) is 0 Å². The van der Waals surface area contributed by atoms with Crippen molar-refractivity contribution in [2.75, 3.05) is 13.7 Å². The number of esters is 3. The molecule has 0 aromatic heterocycles. The first kappa shape index (κ1) is 16.4. The largest absolute Gasteiger partial charge is 0.469 e. The average Bonchev–Trinajstić information content (AvgIpc) is 2.28. The molecule has 0 aromatic carbocycles. The number of carbonyl (C=O) groups is 3. The van der Waals surface area contributed by atoms with E-state index in [9.17, 15) is 14.4 Å². The van der Waals surface area contributed by atoms with Gasteiger partial charge < -0.3 is 14.2 Å². The second kappa shape index (κ2) is 7.68. The topological polar surface area (TPSA) is 78.9 Å². The van der Waals surface area contributed by atoms with Gasteiger partial charge >= 0.3 is 17.9 Å². The minimum atomic E-state index is -1.40. The van der Waals surface area contributed by atoms with Crippen LogP contribution in [0.15, 0.2) is 0 Å². The van der Waals surface area contributed by atoms with Gasteiger partial charge in [-0.25, -0.2) is 4.79 Å². The number of methoxy groups -OCH3 is 1. The van der Waals surface area contributed by atoms with Crippen molar-refractivity contribution < 1.29 is 28.6 Å². The molecule has 104 valence electrons. The third-order valence-corrected chi connectivity index (χ3v) is 2.11. The Hall–Kier alpha value is -1.59. The molecule has 0 unspecified atom stereocenters. The average molecular weight is 260 g/mol. The lowest BCUT2D eigenvalue weighted by Gasteiger charge is -2.22. The van der Waals surface area contributed by atoms with E-state index in [1.54, 1.807) is 0 Å². The van der Waals surface area contributed by atoms with Crippen LogP contribution in [-0.4, -0.2) is 37.2 Å². The van der Waals surface area contributed by atoms with Crippen LogP contribution in [0.5, 0.6) is 0 Å². The molecule has 0 fully saturated rings. The smallest absolute Gasteiger partial charge is 0.350 e. The van der Waals surface area contributed by atoms with Crippen LogP contribution >= 0.6 is 0 Å². The summed E-state index contributed by atoms with van der Waals surface area (Å²) in [5, 5.41) is 0. The minimum Gasteiger partial charge on any atom is -0.469 e. The van der Waals surface area contributed by atoms with Gasteiger partial charge in [0.05, 0.1) is 13.7 Å². The summed E-state index contributed by atoms with van der Waals surface area (Å²) in [6.45, 7) is 5.08. The minimum absolute atomic E-state index is 0.285. The van der Waals surface area contributed by atoms with E-state index in [4.69, 9.17) is 9.47 Å². The predicted octanol–water partition coefficient (Wildman–Crippen LogP) is 1.21. The summed E-state index contributed by atoms with van der Waals surface area (Å²) in [6, 6.07) is 0. The van der Waals surface area contributed by atoms with Gasteiger partial charge in [-0.3, -0.25) is 9.59 Å². The Bertz CT molecular complexity index is 308. The van der Waals surface area contributed by atoms with E-state index in [-0.39, 0.29) is 6.61 Å². The zero-order valence-corrected chi connectivity index (χ0v) is 11.3. The molecule has 0 atom stereocenters. The van der Waals surface area contributed by atoms with Crippen LogP contribution in [0.3, 0.4) is 0 Å². The molecule has 0 spiro atoms. The summed E-state index contributed by atoms with van der Waals surface area (Å²) < 4.78 is 14.2. The van der Waals surface area contributed by atoms with Gasteiger partial charge in [0, 0.05) is 0 Å². The molecule has 0 radical (unpaired) electrons. The summed E-state index contributed by atoms with van der Waals surface area (Å²) in [5.41, 5.74) is -1.40. The summed E-state index contributed by atoms with van der Waals surface area (Å²) in [7, 11) is 1.17. The molecule has 0 aliphatic rings. The van der Waals surface area contributed by atoms with E-state index >= 15 is 0 Å². The fourth-order valence-electron chi connectivity index (χ4n) is 1.04. The number of hydrogen-bond donors (Lipinski definition) is 0. The molecule has 0 bridgehead atoms. The van der Waals surface area contributed by atoms with Crippen LogP contribution in [0.4, 0.5) is 0 Å². The second-order valence-corrected chi connectivity index (χ2v) is 4.23. The Morgan fingerprint density at radius 2 is 1.72 bits per heavy atom. The molecular formula is C12H20O6. The van der Waals surface area contributed by atoms with Gasteiger partial charge in [-0.15, -0.1) is 0 Å². The first-order valence-corrected chi connectivity index (χ1v) is 5.79. The van der Waals surface area contributed by atoms with Crippen LogP contribution in [0.1, 0.15) is 40.0 Å². The van der Waals surface area contributed by atoms with Gasteiger partial charge in [-0.1, -0.05) is 13.3 Å². The van der Waals surface area contributed by atoms with Crippen LogP contribution in [0.2, 0.25) is 0 Å².